The van der Waals surface area contributed by atoms with Crippen molar-refractivity contribution in [1.29, 1.82) is 0 Å². The van der Waals surface area contributed by atoms with Gasteiger partial charge in [-0.2, -0.15) is 0 Å². The summed E-state index contributed by atoms with van der Waals surface area (Å²) in [5, 5.41) is 3.33. The van der Waals surface area contributed by atoms with Crippen LogP contribution in [0.5, 0.6) is 0 Å². The quantitative estimate of drug-likeness (QED) is 0.733. The molecule has 2 aliphatic rings. The van der Waals surface area contributed by atoms with Crippen LogP contribution in [0.15, 0.2) is 48.5 Å². The Bertz CT molecular complexity index is 1030. The van der Waals surface area contributed by atoms with Crippen molar-refractivity contribution in [3.8, 4) is 0 Å². The average Bonchev–Trinajstić information content (AvgIpc) is 3.35. The predicted molar refractivity (Wildman–Crippen MR) is 116 cm³/mol. The molecule has 1 saturated heterocycles. The van der Waals surface area contributed by atoms with Gasteiger partial charge in [0, 0.05) is 25.6 Å². The number of aryl methyl sites for hydroxylation is 2. The van der Waals surface area contributed by atoms with Crippen LogP contribution in [0, 0.1) is 5.92 Å². The molecule has 3 aromatic rings. The molecule has 29 heavy (non-hydrogen) atoms. The highest BCUT2D eigenvalue weighted by molar-refractivity contribution is 5.80. The van der Waals surface area contributed by atoms with Crippen LogP contribution in [-0.4, -0.2) is 28.5 Å². The third-order valence-electron chi connectivity index (χ3n) is 6.55. The maximum absolute atomic E-state index is 12.9. The molecule has 1 fully saturated rings. The number of carbonyl (C=O) groups is 1. The number of hydrogen-bond donors (Lipinski definition) is 1. The van der Waals surface area contributed by atoms with E-state index in [0.29, 0.717) is 0 Å². The monoisotopic (exact) mass is 388 g/mol. The maximum Gasteiger partial charge on any atom is 0.223 e. The number of piperidine rings is 1. The molecule has 1 aliphatic heterocycles. The Morgan fingerprint density at radius 1 is 1.07 bits per heavy atom. The second-order valence-electron chi connectivity index (χ2n) is 8.20. The van der Waals surface area contributed by atoms with Crippen LogP contribution in [-0.2, 0) is 17.8 Å². The molecule has 0 saturated carbocycles. The minimum Gasteiger partial charge on any atom is -0.349 e. The molecule has 0 spiro atoms. The van der Waals surface area contributed by atoms with Gasteiger partial charge in [0.15, 0.2) is 0 Å². The third kappa shape index (κ3) is 3.28. The van der Waals surface area contributed by atoms with E-state index in [1.165, 1.54) is 16.6 Å². The van der Waals surface area contributed by atoms with E-state index >= 15 is 0 Å². The molecular formula is C24H28N4O. The first-order valence-electron chi connectivity index (χ1n) is 10.8. The molecule has 2 heterocycles. The summed E-state index contributed by atoms with van der Waals surface area (Å²) < 4.78 is 2.28. The summed E-state index contributed by atoms with van der Waals surface area (Å²) in [6.45, 7) is 4.82. The zero-order valence-corrected chi connectivity index (χ0v) is 17.0. The Labute approximate surface area is 171 Å². The molecule has 150 valence electrons. The molecule has 1 amide bonds. The molecule has 0 bridgehead atoms. The van der Waals surface area contributed by atoms with Gasteiger partial charge in [-0.3, -0.25) is 4.79 Å². The Morgan fingerprint density at radius 3 is 2.66 bits per heavy atom. The van der Waals surface area contributed by atoms with E-state index in [9.17, 15) is 4.79 Å². The van der Waals surface area contributed by atoms with Crippen LogP contribution < -0.4 is 10.2 Å². The van der Waals surface area contributed by atoms with E-state index in [-0.39, 0.29) is 17.9 Å². The Kier molecular flexibility index (Phi) is 4.74. The van der Waals surface area contributed by atoms with E-state index in [2.05, 4.69) is 64.2 Å². The molecule has 1 atom stereocenters. The lowest BCUT2D eigenvalue weighted by Crippen LogP contribution is -2.42. The van der Waals surface area contributed by atoms with Gasteiger partial charge < -0.3 is 14.8 Å². The van der Waals surface area contributed by atoms with Gasteiger partial charge in [0.1, 0.15) is 0 Å². The van der Waals surface area contributed by atoms with Crippen LogP contribution >= 0.6 is 0 Å². The van der Waals surface area contributed by atoms with E-state index in [1.54, 1.807) is 0 Å². The molecule has 5 rings (SSSR count). The first-order chi connectivity index (χ1) is 14.2. The third-order valence-corrected chi connectivity index (χ3v) is 6.55. The lowest BCUT2D eigenvalue weighted by molar-refractivity contribution is -0.126. The van der Waals surface area contributed by atoms with Gasteiger partial charge in [-0.05, 0) is 55.9 Å². The van der Waals surface area contributed by atoms with E-state index in [1.807, 2.05) is 6.07 Å². The number of rotatable bonds is 4. The average molecular weight is 389 g/mol. The Hall–Kier alpha value is -2.82. The van der Waals surface area contributed by atoms with Crippen LogP contribution in [0.3, 0.4) is 0 Å². The number of aromatic nitrogens is 2. The summed E-state index contributed by atoms with van der Waals surface area (Å²) in [6, 6.07) is 17.0. The van der Waals surface area contributed by atoms with Gasteiger partial charge in [0.05, 0.1) is 17.1 Å². The summed E-state index contributed by atoms with van der Waals surface area (Å²) in [5.41, 5.74) is 4.91. The Morgan fingerprint density at radius 2 is 1.83 bits per heavy atom. The van der Waals surface area contributed by atoms with E-state index < -0.39 is 0 Å². The smallest absolute Gasteiger partial charge is 0.223 e. The molecule has 5 heteroatoms. The number of carbonyl (C=O) groups excluding carboxylic acids is 1. The van der Waals surface area contributed by atoms with Crippen molar-refractivity contribution < 1.29 is 4.79 Å². The predicted octanol–water partition coefficient (Wildman–Crippen LogP) is 4.08. The van der Waals surface area contributed by atoms with Crippen LogP contribution in [0.25, 0.3) is 11.0 Å². The minimum atomic E-state index is 0.0958. The van der Waals surface area contributed by atoms with Gasteiger partial charge in [-0.1, -0.05) is 36.4 Å². The number of hydrogen-bond acceptors (Lipinski definition) is 3. The molecular weight excluding hydrogens is 360 g/mol. The molecule has 2 aromatic carbocycles. The fourth-order valence-electron chi connectivity index (χ4n) is 4.95. The first-order valence-corrected chi connectivity index (χ1v) is 10.8. The van der Waals surface area contributed by atoms with Crippen molar-refractivity contribution in [2.45, 2.75) is 45.2 Å². The summed E-state index contributed by atoms with van der Waals surface area (Å²) in [7, 11) is 0. The molecule has 1 aromatic heterocycles. The van der Waals surface area contributed by atoms with Crippen molar-refractivity contribution in [2.75, 3.05) is 18.0 Å². The highest BCUT2D eigenvalue weighted by atomic mass is 16.2. The lowest BCUT2D eigenvalue weighted by Gasteiger charge is -2.33. The van der Waals surface area contributed by atoms with Crippen LogP contribution in [0.2, 0.25) is 0 Å². The lowest BCUT2D eigenvalue weighted by atomic mass is 9.95. The number of nitrogens with zero attached hydrogens (tertiary/aromatic N) is 3. The first kappa shape index (κ1) is 18.2. The second-order valence-corrected chi connectivity index (χ2v) is 8.20. The number of amides is 1. The zero-order chi connectivity index (χ0) is 19.8. The van der Waals surface area contributed by atoms with Crippen molar-refractivity contribution in [3.63, 3.8) is 0 Å². The fourth-order valence-corrected chi connectivity index (χ4v) is 4.95. The van der Waals surface area contributed by atoms with E-state index in [4.69, 9.17) is 4.98 Å². The van der Waals surface area contributed by atoms with E-state index in [0.717, 1.165) is 56.8 Å². The van der Waals surface area contributed by atoms with Gasteiger partial charge in [-0.15, -0.1) is 0 Å². The summed E-state index contributed by atoms with van der Waals surface area (Å²) in [5.74, 6) is 1.35. The molecule has 0 radical (unpaired) electrons. The molecule has 5 nitrogen and oxygen atoms in total. The molecule has 1 N–H and O–H groups in total. The molecule has 0 unspecified atom stereocenters. The fraction of sp³-hybridized carbons (Fsp3) is 0.417. The van der Waals surface area contributed by atoms with Gasteiger partial charge in [0.25, 0.3) is 0 Å². The van der Waals surface area contributed by atoms with Gasteiger partial charge in [0.2, 0.25) is 11.9 Å². The summed E-state index contributed by atoms with van der Waals surface area (Å²) in [6.07, 6.45) is 3.84. The normalized spacial score (nSPS) is 19.5. The van der Waals surface area contributed by atoms with Crippen LogP contribution in [0.1, 0.15) is 43.4 Å². The number of para-hydroxylation sites is 2. The summed E-state index contributed by atoms with van der Waals surface area (Å²) >= 11 is 0. The summed E-state index contributed by atoms with van der Waals surface area (Å²) in [4.78, 5) is 20.1. The van der Waals surface area contributed by atoms with Crippen LogP contribution in [0.4, 0.5) is 5.95 Å². The maximum atomic E-state index is 12.9. The second kappa shape index (κ2) is 7.54. The van der Waals surface area contributed by atoms with Crippen molar-refractivity contribution in [3.05, 3.63) is 59.7 Å². The number of benzene rings is 2. The number of fused-ring (bicyclic) bond motifs is 2. The topological polar surface area (TPSA) is 50.2 Å². The van der Waals surface area contributed by atoms with Crippen molar-refractivity contribution >= 4 is 22.9 Å². The van der Waals surface area contributed by atoms with Gasteiger partial charge >= 0.3 is 0 Å². The van der Waals surface area contributed by atoms with Crippen molar-refractivity contribution in [2.24, 2.45) is 5.92 Å². The minimum absolute atomic E-state index is 0.0958. The molecule has 1 aliphatic carbocycles. The number of anilines is 1. The SMILES string of the molecule is CCn1c(N2CCC(C(=O)N[C@H]3CCc4ccccc43)CC2)nc2ccccc21. The van der Waals surface area contributed by atoms with Gasteiger partial charge in [-0.25, -0.2) is 4.98 Å². The van der Waals surface area contributed by atoms with Crippen molar-refractivity contribution in [1.82, 2.24) is 14.9 Å². The number of nitrogens with one attached hydrogen (secondary N) is 1. The zero-order valence-electron chi connectivity index (χ0n) is 17.0. The standard InChI is InChI=1S/C24H28N4O/c1-2-28-22-10-6-5-9-21(22)26-24(28)27-15-13-18(14-16-27)23(29)25-20-12-11-17-7-3-4-8-19(17)20/h3-10,18,20H,2,11-16H2,1H3,(H,25,29)/t20-/m0/s1. The largest absolute Gasteiger partial charge is 0.349 e. The number of imidazole rings is 1. The Balaban J connectivity index is 1.25. The highest BCUT2D eigenvalue weighted by Crippen LogP contribution is 2.32. The highest BCUT2D eigenvalue weighted by Gasteiger charge is 2.30.